The molecular weight excluding hydrogens is 271 g/mol. The van der Waals surface area contributed by atoms with Crippen LogP contribution in [0.1, 0.15) is 29.2 Å². The van der Waals surface area contributed by atoms with Crippen molar-refractivity contribution in [1.29, 1.82) is 0 Å². The standard InChI is InChI=1S/C12H13FN2OS2/c1-6-4-11(9(7(2)16)5-10(6)13)18-12-15-14-8(3)17-12/h4-5,7,16H,1-3H3/t7-/m1/s1. The van der Waals surface area contributed by atoms with Crippen LogP contribution in [-0.2, 0) is 0 Å². The Morgan fingerprint density at radius 1 is 1.33 bits per heavy atom. The summed E-state index contributed by atoms with van der Waals surface area (Å²) in [4.78, 5) is 0.819. The van der Waals surface area contributed by atoms with E-state index in [0.29, 0.717) is 11.1 Å². The molecule has 0 amide bonds. The number of rotatable bonds is 3. The first-order valence-electron chi connectivity index (χ1n) is 5.43. The van der Waals surface area contributed by atoms with E-state index in [9.17, 15) is 9.50 Å². The van der Waals surface area contributed by atoms with E-state index in [2.05, 4.69) is 10.2 Å². The zero-order valence-electron chi connectivity index (χ0n) is 10.3. The molecule has 0 saturated carbocycles. The van der Waals surface area contributed by atoms with Crippen molar-refractivity contribution < 1.29 is 9.50 Å². The maximum absolute atomic E-state index is 13.5. The molecule has 96 valence electrons. The second kappa shape index (κ2) is 5.34. The fourth-order valence-electron chi connectivity index (χ4n) is 1.50. The van der Waals surface area contributed by atoms with Gasteiger partial charge in [-0.05, 0) is 44.0 Å². The number of aromatic nitrogens is 2. The van der Waals surface area contributed by atoms with E-state index < -0.39 is 6.10 Å². The normalized spacial score (nSPS) is 12.7. The van der Waals surface area contributed by atoms with Crippen LogP contribution in [0.15, 0.2) is 21.4 Å². The average Bonchev–Trinajstić information content (AvgIpc) is 2.68. The number of benzene rings is 1. The van der Waals surface area contributed by atoms with Crippen LogP contribution in [0.25, 0.3) is 0 Å². The first kappa shape index (κ1) is 13.5. The molecule has 0 aliphatic rings. The van der Waals surface area contributed by atoms with Gasteiger partial charge in [0.1, 0.15) is 10.8 Å². The molecule has 0 bridgehead atoms. The minimum atomic E-state index is -0.711. The van der Waals surface area contributed by atoms with Crippen molar-refractivity contribution in [2.24, 2.45) is 0 Å². The number of aliphatic hydroxyl groups excluding tert-OH is 1. The number of nitrogens with zero attached hydrogens (tertiary/aromatic N) is 2. The van der Waals surface area contributed by atoms with Gasteiger partial charge in [-0.15, -0.1) is 10.2 Å². The van der Waals surface area contributed by atoms with Crippen LogP contribution in [0, 0.1) is 19.7 Å². The molecule has 0 saturated heterocycles. The van der Waals surface area contributed by atoms with Gasteiger partial charge in [0.15, 0.2) is 4.34 Å². The van der Waals surface area contributed by atoms with Crippen LogP contribution in [0.4, 0.5) is 4.39 Å². The third-order valence-electron chi connectivity index (χ3n) is 2.45. The summed E-state index contributed by atoms with van der Waals surface area (Å²) in [6.07, 6.45) is -0.711. The van der Waals surface area contributed by atoms with Gasteiger partial charge in [0.25, 0.3) is 0 Å². The second-order valence-corrected chi connectivity index (χ2v) is 6.47. The summed E-state index contributed by atoms with van der Waals surface area (Å²) >= 11 is 2.88. The molecule has 1 aromatic heterocycles. The van der Waals surface area contributed by atoms with E-state index in [1.807, 2.05) is 6.92 Å². The van der Waals surface area contributed by atoms with Crippen LogP contribution in [0.5, 0.6) is 0 Å². The van der Waals surface area contributed by atoms with Crippen LogP contribution >= 0.6 is 23.1 Å². The van der Waals surface area contributed by atoms with Gasteiger partial charge in [-0.3, -0.25) is 0 Å². The molecule has 2 rings (SSSR count). The lowest BCUT2D eigenvalue weighted by atomic mass is 10.1. The summed E-state index contributed by atoms with van der Waals surface area (Å²) in [6, 6.07) is 3.12. The molecule has 3 nitrogen and oxygen atoms in total. The Hall–Kier alpha value is -0.980. The van der Waals surface area contributed by atoms with Crippen molar-refractivity contribution in [3.63, 3.8) is 0 Å². The smallest absolute Gasteiger partial charge is 0.179 e. The molecule has 2 aromatic rings. The largest absolute Gasteiger partial charge is 0.389 e. The lowest BCUT2D eigenvalue weighted by molar-refractivity contribution is 0.196. The lowest BCUT2D eigenvalue weighted by Gasteiger charge is -2.12. The van der Waals surface area contributed by atoms with Crippen molar-refractivity contribution in [1.82, 2.24) is 10.2 Å². The fourth-order valence-corrected chi connectivity index (χ4v) is 3.57. The molecule has 18 heavy (non-hydrogen) atoms. The van der Waals surface area contributed by atoms with Crippen LogP contribution in [-0.4, -0.2) is 15.3 Å². The minimum Gasteiger partial charge on any atom is -0.389 e. The second-order valence-electron chi connectivity index (χ2n) is 4.00. The van der Waals surface area contributed by atoms with E-state index in [4.69, 9.17) is 0 Å². The van der Waals surface area contributed by atoms with E-state index in [1.54, 1.807) is 19.9 Å². The summed E-state index contributed by atoms with van der Waals surface area (Å²) in [5, 5.41) is 18.5. The number of aryl methyl sites for hydroxylation is 2. The maximum Gasteiger partial charge on any atom is 0.179 e. The van der Waals surface area contributed by atoms with Crippen molar-refractivity contribution in [2.45, 2.75) is 36.1 Å². The molecule has 0 unspecified atom stereocenters. The summed E-state index contributed by atoms with van der Waals surface area (Å²) in [5.41, 5.74) is 1.14. The number of aliphatic hydroxyl groups is 1. The molecule has 0 aliphatic carbocycles. The molecule has 1 aromatic carbocycles. The third-order valence-corrected chi connectivity index (χ3v) is 4.41. The highest BCUT2D eigenvalue weighted by molar-refractivity contribution is 8.01. The van der Waals surface area contributed by atoms with Crippen LogP contribution in [0.3, 0.4) is 0 Å². The highest BCUT2D eigenvalue weighted by Crippen LogP contribution is 2.36. The van der Waals surface area contributed by atoms with Gasteiger partial charge in [0.2, 0.25) is 0 Å². The quantitative estimate of drug-likeness (QED) is 0.937. The van der Waals surface area contributed by atoms with Gasteiger partial charge in [-0.25, -0.2) is 4.39 Å². The summed E-state index contributed by atoms with van der Waals surface area (Å²) in [6.45, 7) is 5.21. The Labute approximate surface area is 113 Å². The minimum absolute atomic E-state index is 0.302. The van der Waals surface area contributed by atoms with Gasteiger partial charge in [0.05, 0.1) is 6.10 Å². The van der Waals surface area contributed by atoms with E-state index in [1.165, 1.54) is 29.2 Å². The van der Waals surface area contributed by atoms with Gasteiger partial charge in [0, 0.05) is 4.90 Å². The SMILES string of the molecule is Cc1nnc(Sc2cc(C)c(F)cc2[C@@H](C)O)s1. The molecule has 1 N–H and O–H groups in total. The van der Waals surface area contributed by atoms with E-state index in [0.717, 1.165) is 14.2 Å². The Bertz CT molecular complexity index is 569. The van der Waals surface area contributed by atoms with Crippen LogP contribution < -0.4 is 0 Å². The Kier molecular flexibility index (Phi) is 3.99. The van der Waals surface area contributed by atoms with Gasteiger partial charge < -0.3 is 5.11 Å². The van der Waals surface area contributed by atoms with E-state index >= 15 is 0 Å². The van der Waals surface area contributed by atoms with Crippen molar-refractivity contribution >= 4 is 23.1 Å². The molecule has 0 fully saturated rings. The Morgan fingerprint density at radius 3 is 2.61 bits per heavy atom. The van der Waals surface area contributed by atoms with Crippen LogP contribution in [0.2, 0.25) is 0 Å². The molecule has 0 aliphatic heterocycles. The van der Waals surface area contributed by atoms with Gasteiger partial charge >= 0.3 is 0 Å². The highest BCUT2D eigenvalue weighted by atomic mass is 32.2. The monoisotopic (exact) mass is 284 g/mol. The molecule has 0 spiro atoms. The summed E-state index contributed by atoms with van der Waals surface area (Å²) < 4.78 is 14.3. The number of hydrogen-bond acceptors (Lipinski definition) is 5. The Morgan fingerprint density at radius 2 is 2.06 bits per heavy atom. The van der Waals surface area contributed by atoms with Crippen molar-refractivity contribution in [3.05, 3.63) is 34.1 Å². The first-order valence-corrected chi connectivity index (χ1v) is 7.06. The topological polar surface area (TPSA) is 46.0 Å². The third kappa shape index (κ3) is 2.88. The molecule has 1 heterocycles. The van der Waals surface area contributed by atoms with Crippen molar-refractivity contribution in [3.8, 4) is 0 Å². The average molecular weight is 284 g/mol. The summed E-state index contributed by atoms with van der Waals surface area (Å²) in [7, 11) is 0. The van der Waals surface area contributed by atoms with Gasteiger partial charge in [-0.1, -0.05) is 23.1 Å². The molecule has 6 heteroatoms. The predicted octanol–water partition coefficient (Wildman–Crippen LogP) is 3.50. The fraction of sp³-hybridized carbons (Fsp3) is 0.333. The Balaban J connectivity index is 2.39. The van der Waals surface area contributed by atoms with Gasteiger partial charge in [-0.2, -0.15) is 0 Å². The summed E-state index contributed by atoms with van der Waals surface area (Å²) in [5.74, 6) is -0.302. The lowest BCUT2D eigenvalue weighted by Crippen LogP contribution is -1.97. The number of halogens is 1. The first-order chi connectivity index (χ1) is 8.47. The van der Waals surface area contributed by atoms with Crippen molar-refractivity contribution in [2.75, 3.05) is 0 Å². The molecular formula is C12H13FN2OS2. The number of hydrogen-bond donors (Lipinski definition) is 1. The predicted molar refractivity (Wildman–Crippen MR) is 70.5 cm³/mol. The molecule has 0 radical (unpaired) electrons. The zero-order valence-corrected chi connectivity index (χ0v) is 11.9. The van der Waals surface area contributed by atoms with E-state index in [-0.39, 0.29) is 5.82 Å². The molecule has 1 atom stereocenters. The maximum atomic E-state index is 13.5. The zero-order chi connectivity index (χ0) is 13.3. The highest BCUT2D eigenvalue weighted by Gasteiger charge is 2.14.